The lowest BCUT2D eigenvalue weighted by Crippen LogP contribution is -2.40. The number of esters is 1. The fourth-order valence-electron chi connectivity index (χ4n) is 4.84. The molecule has 0 bridgehead atoms. The predicted octanol–water partition coefficient (Wildman–Crippen LogP) is 3.50. The summed E-state index contributed by atoms with van der Waals surface area (Å²) in [7, 11) is 6.93. The highest BCUT2D eigenvalue weighted by atomic mass is 16.7. The molecule has 1 aromatic carbocycles. The van der Waals surface area contributed by atoms with Gasteiger partial charge in [0.15, 0.2) is 11.5 Å². The molecule has 0 saturated heterocycles. The van der Waals surface area contributed by atoms with Gasteiger partial charge in [-0.25, -0.2) is 4.79 Å². The van der Waals surface area contributed by atoms with E-state index >= 15 is 0 Å². The molecule has 2 atom stereocenters. The minimum absolute atomic E-state index is 0.169. The molecule has 4 rings (SSSR count). The van der Waals surface area contributed by atoms with Gasteiger partial charge in [-0.1, -0.05) is 0 Å². The summed E-state index contributed by atoms with van der Waals surface area (Å²) in [5.41, 5.74) is 3.74. The number of methoxy groups -OCH3 is 3. The number of carbonyl (C=O) groups excluding carboxylic acids is 1. The Morgan fingerprint density at radius 2 is 2.00 bits per heavy atom. The summed E-state index contributed by atoms with van der Waals surface area (Å²) in [4.78, 5) is 14.9. The number of fused-ring (bicyclic) bond motifs is 2. The lowest BCUT2D eigenvalue weighted by Gasteiger charge is -2.39. The molecule has 8 nitrogen and oxygen atoms in total. The molecule has 0 amide bonds. The van der Waals surface area contributed by atoms with Crippen LogP contribution in [0.25, 0.3) is 0 Å². The van der Waals surface area contributed by atoms with Gasteiger partial charge in [-0.2, -0.15) is 0 Å². The lowest BCUT2D eigenvalue weighted by molar-refractivity contribution is -0.142. The highest BCUT2D eigenvalue weighted by molar-refractivity contribution is 5.92. The third-order valence-corrected chi connectivity index (χ3v) is 6.67. The Hall–Kier alpha value is -2.87. The molecule has 2 unspecified atom stereocenters. The van der Waals surface area contributed by atoms with E-state index in [-0.39, 0.29) is 18.8 Å². The molecule has 0 spiro atoms. The third kappa shape index (κ3) is 3.66. The zero-order chi connectivity index (χ0) is 23.0. The number of cyclic esters (lactones) is 1. The zero-order valence-corrected chi connectivity index (χ0v) is 19.6. The van der Waals surface area contributed by atoms with E-state index in [1.54, 1.807) is 21.3 Å². The molecule has 0 N–H and O–H groups in total. The van der Waals surface area contributed by atoms with Crippen molar-refractivity contribution in [1.29, 1.82) is 0 Å². The average Bonchev–Trinajstić information content (AvgIpc) is 3.37. The van der Waals surface area contributed by atoms with Gasteiger partial charge in [-0.3, -0.25) is 4.90 Å². The highest BCUT2D eigenvalue weighted by Gasteiger charge is 2.44. The normalized spacial score (nSPS) is 23.0. The molecule has 0 radical (unpaired) electrons. The van der Waals surface area contributed by atoms with Crippen molar-refractivity contribution in [3.8, 4) is 17.2 Å². The lowest BCUT2D eigenvalue weighted by atomic mass is 9.84. The van der Waals surface area contributed by atoms with Gasteiger partial charge in [-0.15, -0.1) is 0 Å². The highest BCUT2D eigenvalue weighted by Crippen LogP contribution is 2.52. The maximum absolute atomic E-state index is 12.7. The Bertz CT molecular complexity index is 981. The summed E-state index contributed by atoms with van der Waals surface area (Å²) in [6.07, 6.45) is 1.65. The average molecular weight is 446 g/mol. The number of hydrogen-bond donors (Lipinski definition) is 0. The van der Waals surface area contributed by atoms with Crippen molar-refractivity contribution < 1.29 is 33.2 Å². The van der Waals surface area contributed by atoms with E-state index in [0.29, 0.717) is 35.7 Å². The van der Waals surface area contributed by atoms with E-state index in [9.17, 15) is 4.79 Å². The van der Waals surface area contributed by atoms with Crippen LogP contribution in [-0.2, 0) is 25.4 Å². The van der Waals surface area contributed by atoms with Crippen LogP contribution in [0.4, 0.5) is 0 Å². The van der Waals surface area contributed by atoms with Crippen LogP contribution in [0.1, 0.15) is 43.9 Å². The van der Waals surface area contributed by atoms with E-state index in [4.69, 9.17) is 28.4 Å². The van der Waals surface area contributed by atoms with E-state index in [1.165, 1.54) is 0 Å². The van der Waals surface area contributed by atoms with Crippen LogP contribution in [0.5, 0.6) is 17.2 Å². The van der Waals surface area contributed by atoms with Crippen molar-refractivity contribution in [3.63, 3.8) is 0 Å². The Balaban J connectivity index is 1.74. The molecule has 0 fully saturated rings. The van der Waals surface area contributed by atoms with Gasteiger partial charge in [0.25, 0.3) is 0 Å². The fourth-order valence-corrected chi connectivity index (χ4v) is 4.84. The summed E-state index contributed by atoms with van der Waals surface area (Å²) in [5, 5.41) is 0. The maximum atomic E-state index is 12.7. The number of nitrogens with zero attached hydrogens (tertiary/aromatic N) is 1. The Morgan fingerprint density at radius 3 is 2.69 bits per heavy atom. The van der Waals surface area contributed by atoms with E-state index in [0.717, 1.165) is 41.2 Å². The summed E-state index contributed by atoms with van der Waals surface area (Å²) in [6.45, 7) is 4.69. The smallest absolute Gasteiger partial charge is 0.334 e. The Labute approximate surface area is 188 Å². The zero-order valence-electron chi connectivity index (χ0n) is 19.6. The van der Waals surface area contributed by atoms with E-state index < -0.39 is 6.10 Å². The summed E-state index contributed by atoms with van der Waals surface area (Å²) in [6, 6.07) is 1.83. The van der Waals surface area contributed by atoms with Crippen LogP contribution in [-0.4, -0.2) is 58.7 Å². The Morgan fingerprint density at radius 1 is 1.22 bits per heavy atom. The molecule has 0 saturated carbocycles. The number of benzene rings is 1. The number of allylic oxidation sites excluding steroid dienone is 2. The molecule has 3 heterocycles. The van der Waals surface area contributed by atoms with Gasteiger partial charge in [0.2, 0.25) is 12.5 Å². The molecule has 8 heteroatoms. The van der Waals surface area contributed by atoms with Gasteiger partial charge in [0, 0.05) is 24.1 Å². The first kappa shape index (κ1) is 22.3. The minimum atomic E-state index is -0.429. The summed E-state index contributed by atoms with van der Waals surface area (Å²) in [5.74, 6) is 3.16. The number of ether oxygens (including phenoxy) is 6. The topological polar surface area (TPSA) is 75.7 Å². The number of likely N-dealkylation sites (N-methyl/N-ethyl adjacent to an activating group) is 1. The van der Waals surface area contributed by atoms with Gasteiger partial charge in [-0.05, 0) is 50.9 Å². The van der Waals surface area contributed by atoms with Crippen molar-refractivity contribution >= 4 is 5.97 Å². The van der Waals surface area contributed by atoms with Crippen LogP contribution in [0.3, 0.4) is 0 Å². The maximum Gasteiger partial charge on any atom is 0.334 e. The second kappa shape index (κ2) is 8.94. The summed E-state index contributed by atoms with van der Waals surface area (Å²) < 4.78 is 33.9. The van der Waals surface area contributed by atoms with Crippen molar-refractivity contribution in [2.75, 3.05) is 41.7 Å². The molecule has 32 heavy (non-hydrogen) atoms. The van der Waals surface area contributed by atoms with Crippen LogP contribution in [0.2, 0.25) is 0 Å². The van der Waals surface area contributed by atoms with Crippen LogP contribution < -0.4 is 14.2 Å². The number of rotatable bonds is 7. The minimum Gasteiger partial charge on any atom is -0.498 e. The second-order valence-electron chi connectivity index (χ2n) is 8.26. The predicted molar refractivity (Wildman–Crippen MR) is 117 cm³/mol. The summed E-state index contributed by atoms with van der Waals surface area (Å²) >= 11 is 0. The largest absolute Gasteiger partial charge is 0.498 e. The molecule has 174 valence electrons. The standard InChI is InChI=1S/C24H31NO7/c1-13-16(7-8-17(28-5)14(2)27-4)21(32-24(13)26)20-19-15(9-10-25(20)3)11-18-22(23(19)29-6)31-12-30-18/h11,20-21H,7-10,12H2,1-6H3/b17-14-. The van der Waals surface area contributed by atoms with Crippen LogP contribution >= 0.6 is 0 Å². The van der Waals surface area contributed by atoms with Gasteiger partial charge in [0.1, 0.15) is 17.6 Å². The molecule has 0 aromatic heterocycles. The number of hydrogen-bond acceptors (Lipinski definition) is 8. The SMILES string of the molecule is CO/C(C)=C(/CCC1=C(C)C(=O)OC1C1c2c(cc3c(c2OC)OCO3)CCN1C)OC. The second-order valence-corrected chi connectivity index (χ2v) is 8.26. The van der Waals surface area contributed by atoms with Crippen LogP contribution in [0, 0.1) is 0 Å². The monoisotopic (exact) mass is 445 g/mol. The van der Waals surface area contributed by atoms with Gasteiger partial charge >= 0.3 is 5.97 Å². The van der Waals surface area contributed by atoms with Crippen molar-refractivity contribution in [3.05, 3.63) is 39.9 Å². The first-order chi connectivity index (χ1) is 15.4. The third-order valence-electron chi connectivity index (χ3n) is 6.67. The molecule has 0 aliphatic carbocycles. The van der Waals surface area contributed by atoms with E-state index in [1.807, 2.05) is 27.0 Å². The first-order valence-corrected chi connectivity index (χ1v) is 10.8. The van der Waals surface area contributed by atoms with Crippen molar-refractivity contribution in [1.82, 2.24) is 4.90 Å². The van der Waals surface area contributed by atoms with Gasteiger partial charge in [0.05, 0.1) is 27.4 Å². The number of carbonyl (C=O) groups is 1. The fraction of sp³-hybridized carbons (Fsp3) is 0.542. The molecule has 3 aliphatic rings. The van der Waals surface area contributed by atoms with E-state index in [2.05, 4.69) is 4.90 Å². The van der Waals surface area contributed by atoms with Gasteiger partial charge < -0.3 is 28.4 Å². The van der Waals surface area contributed by atoms with Crippen LogP contribution in [0.15, 0.2) is 28.7 Å². The van der Waals surface area contributed by atoms with Crippen molar-refractivity contribution in [2.45, 2.75) is 45.3 Å². The van der Waals surface area contributed by atoms with Crippen molar-refractivity contribution in [2.24, 2.45) is 0 Å². The Kier molecular flexibility index (Phi) is 6.24. The molecule has 1 aromatic rings. The first-order valence-electron chi connectivity index (χ1n) is 10.8. The molecular formula is C24H31NO7. The quantitative estimate of drug-likeness (QED) is 0.466. The molecule has 3 aliphatic heterocycles. The molecular weight excluding hydrogens is 414 g/mol.